The summed E-state index contributed by atoms with van der Waals surface area (Å²) in [4.78, 5) is 6.55. The molecule has 0 atom stereocenters. The molecule has 3 nitrogen and oxygen atoms in total. The Kier molecular flexibility index (Phi) is 3.09. The quantitative estimate of drug-likeness (QED) is 0.824. The molecule has 1 aliphatic rings. The van der Waals surface area contributed by atoms with E-state index in [1.54, 1.807) is 6.20 Å². The van der Waals surface area contributed by atoms with Gasteiger partial charge in [-0.2, -0.15) is 0 Å². The average molecular weight is 205 g/mol. The van der Waals surface area contributed by atoms with Gasteiger partial charge in [-0.1, -0.05) is 12.8 Å². The SMILES string of the molecule is CCN(c1cccnc1N)C1CCCC1. The Morgan fingerprint density at radius 1 is 1.47 bits per heavy atom. The van der Waals surface area contributed by atoms with E-state index in [0.29, 0.717) is 11.9 Å². The predicted octanol–water partition coefficient (Wildman–Crippen LogP) is 2.43. The van der Waals surface area contributed by atoms with Crippen LogP contribution in [0.15, 0.2) is 18.3 Å². The van der Waals surface area contributed by atoms with Gasteiger partial charge in [-0.05, 0) is 31.9 Å². The van der Waals surface area contributed by atoms with Gasteiger partial charge in [-0.15, -0.1) is 0 Å². The largest absolute Gasteiger partial charge is 0.382 e. The van der Waals surface area contributed by atoms with Crippen LogP contribution in [0.5, 0.6) is 0 Å². The van der Waals surface area contributed by atoms with E-state index in [0.717, 1.165) is 12.2 Å². The van der Waals surface area contributed by atoms with E-state index in [-0.39, 0.29) is 0 Å². The number of aromatic nitrogens is 1. The van der Waals surface area contributed by atoms with Crippen molar-refractivity contribution in [3.05, 3.63) is 18.3 Å². The monoisotopic (exact) mass is 205 g/mol. The van der Waals surface area contributed by atoms with Gasteiger partial charge in [0.05, 0.1) is 5.69 Å². The molecule has 2 N–H and O–H groups in total. The Bertz CT molecular complexity index is 318. The first-order chi connectivity index (χ1) is 7.33. The third-order valence-corrected chi connectivity index (χ3v) is 3.23. The predicted molar refractivity (Wildman–Crippen MR) is 63.9 cm³/mol. The third-order valence-electron chi connectivity index (χ3n) is 3.23. The van der Waals surface area contributed by atoms with Crippen molar-refractivity contribution in [1.82, 2.24) is 4.98 Å². The molecule has 0 aliphatic heterocycles. The van der Waals surface area contributed by atoms with Crippen molar-refractivity contribution in [2.75, 3.05) is 17.2 Å². The van der Waals surface area contributed by atoms with Gasteiger partial charge in [0.25, 0.3) is 0 Å². The number of anilines is 2. The van der Waals surface area contributed by atoms with Crippen molar-refractivity contribution in [2.45, 2.75) is 38.6 Å². The average Bonchev–Trinajstić information content (AvgIpc) is 2.75. The zero-order valence-electron chi connectivity index (χ0n) is 9.32. The number of nitrogens with two attached hydrogens (primary N) is 1. The van der Waals surface area contributed by atoms with Crippen molar-refractivity contribution in [3.63, 3.8) is 0 Å². The summed E-state index contributed by atoms with van der Waals surface area (Å²) in [5, 5.41) is 0. The molecule has 0 amide bonds. The Morgan fingerprint density at radius 2 is 2.20 bits per heavy atom. The Balaban J connectivity index is 2.22. The van der Waals surface area contributed by atoms with Crippen molar-refractivity contribution in [1.29, 1.82) is 0 Å². The molecule has 3 heteroatoms. The minimum absolute atomic E-state index is 0.659. The van der Waals surface area contributed by atoms with Gasteiger partial charge in [0, 0.05) is 18.8 Å². The summed E-state index contributed by atoms with van der Waals surface area (Å²) in [6, 6.07) is 4.70. The molecule has 0 radical (unpaired) electrons. The molecule has 1 saturated carbocycles. The second-order valence-corrected chi connectivity index (χ2v) is 4.13. The smallest absolute Gasteiger partial charge is 0.146 e. The fraction of sp³-hybridized carbons (Fsp3) is 0.583. The first-order valence-corrected chi connectivity index (χ1v) is 5.80. The molecule has 0 aromatic carbocycles. The zero-order chi connectivity index (χ0) is 10.7. The fourth-order valence-electron chi connectivity index (χ4n) is 2.49. The minimum atomic E-state index is 0.659. The normalized spacial score (nSPS) is 16.9. The molecule has 1 aromatic heterocycles. The second kappa shape index (κ2) is 4.51. The van der Waals surface area contributed by atoms with Gasteiger partial charge >= 0.3 is 0 Å². The van der Waals surface area contributed by atoms with E-state index in [1.165, 1.54) is 25.7 Å². The lowest BCUT2D eigenvalue weighted by Crippen LogP contribution is -2.33. The number of pyridine rings is 1. The molecule has 2 rings (SSSR count). The summed E-state index contributed by atoms with van der Waals surface area (Å²) in [6.07, 6.45) is 7.04. The van der Waals surface area contributed by atoms with Crippen molar-refractivity contribution in [2.24, 2.45) is 0 Å². The van der Waals surface area contributed by atoms with Crippen LogP contribution in [0.4, 0.5) is 11.5 Å². The van der Waals surface area contributed by atoms with Gasteiger partial charge in [0.15, 0.2) is 0 Å². The van der Waals surface area contributed by atoms with Crippen LogP contribution in [0, 0.1) is 0 Å². The highest BCUT2D eigenvalue weighted by atomic mass is 15.2. The summed E-state index contributed by atoms with van der Waals surface area (Å²) in [7, 11) is 0. The first kappa shape index (κ1) is 10.3. The fourth-order valence-corrected chi connectivity index (χ4v) is 2.49. The van der Waals surface area contributed by atoms with E-state index in [1.807, 2.05) is 6.07 Å². The van der Waals surface area contributed by atoms with Crippen molar-refractivity contribution in [3.8, 4) is 0 Å². The second-order valence-electron chi connectivity index (χ2n) is 4.13. The molecule has 1 aromatic rings. The molecular formula is C12H19N3. The van der Waals surface area contributed by atoms with Gasteiger partial charge in [-0.3, -0.25) is 0 Å². The van der Waals surface area contributed by atoms with E-state index in [4.69, 9.17) is 5.73 Å². The van der Waals surface area contributed by atoms with Crippen LogP contribution >= 0.6 is 0 Å². The highest BCUT2D eigenvalue weighted by Crippen LogP contribution is 2.30. The Hall–Kier alpha value is -1.25. The number of hydrogen-bond acceptors (Lipinski definition) is 3. The minimum Gasteiger partial charge on any atom is -0.382 e. The highest BCUT2D eigenvalue weighted by Gasteiger charge is 2.22. The van der Waals surface area contributed by atoms with Gasteiger partial charge in [0.2, 0.25) is 0 Å². The zero-order valence-corrected chi connectivity index (χ0v) is 9.32. The topological polar surface area (TPSA) is 42.2 Å². The van der Waals surface area contributed by atoms with Crippen molar-refractivity contribution < 1.29 is 0 Å². The van der Waals surface area contributed by atoms with Crippen LogP contribution < -0.4 is 10.6 Å². The summed E-state index contributed by atoms with van der Waals surface area (Å²) >= 11 is 0. The van der Waals surface area contributed by atoms with Gasteiger partial charge < -0.3 is 10.6 Å². The number of hydrogen-bond donors (Lipinski definition) is 1. The molecule has 1 aliphatic carbocycles. The lowest BCUT2D eigenvalue weighted by atomic mass is 10.2. The van der Waals surface area contributed by atoms with E-state index < -0.39 is 0 Å². The molecule has 15 heavy (non-hydrogen) atoms. The Labute approximate surface area is 91.3 Å². The Morgan fingerprint density at radius 3 is 2.80 bits per heavy atom. The highest BCUT2D eigenvalue weighted by molar-refractivity contribution is 5.63. The van der Waals surface area contributed by atoms with Gasteiger partial charge in [0.1, 0.15) is 5.82 Å². The van der Waals surface area contributed by atoms with Crippen LogP contribution in [0.1, 0.15) is 32.6 Å². The third kappa shape index (κ3) is 2.06. The standard InChI is InChI=1S/C12H19N3/c1-2-15(10-6-3-4-7-10)11-8-5-9-14-12(11)13/h5,8-10H,2-4,6-7H2,1H3,(H2,13,14). The van der Waals surface area contributed by atoms with Crippen LogP contribution in [-0.4, -0.2) is 17.6 Å². The molecule has 0 unspecified atom stereocenters. The summed E-state index contributed by atoms with van der Waals surface area (Å²) in [5.74, 6) is 0.659. The summed E-state index contributed by atoms with van der Waals surface area (Å²) in [6.45, 7) is 3.20. The number of nitrogens with zero attached hydrogens (tertiary/aromatic N) is 2. The number of nitrogen functional groups attached to an aromatic ring is 1. The van der Waals surface area contributed by atoms with Crippen LogP contribution in [0.2, 0.25) is 0 Å². The maximum atomic E-state index is 5.91. The van der Waals surface area contributed by atoms with Crippen LogP contribution in [0.3, 0.4) is 0 Å². The molecule has 0 spiro atoms. The van der Waals surface area contributed by atoms with E-state index in [9.17, 15) is 0 Å². The molecule has 0 bridgehead atoms. The summed E-state index contributed by atoms with van der Waals surface area (Å²) in [5.41, 5.74) is 7.02. The maximum absolute atomic E-state index is 5.91. The molecule has 0 saturated heterocycles. The van der Waals surface area contributed by atoms with E-state index >= 15 is 0 Å². The molecule has 1 heterocycles. The van der Waals surface area contributed by atoms with Crippen LogP contribution in [-0.2, 0) is 0 Å². The maximum Gasteiger partial charge on any atom is 0.146 e. The lowest BCUT2D eigenvalue weighted by Gasteiger charge is -2.30. The van der Waals surface area contributed by atoms with Crippen LogP contribution in [0.25, 0.3) is 0 Å². The first-order valence-electron chi connectivity index (χ1n) is 5.80. The molecule has 1 fully saturated rings. The van der Waals surface area contributed by atoms with E-state index in [2.05, 4.69) is 22.9 Å². The number of rotatable bonds is 3. The molecule has 82 valence electrons. The van der Waals surface area contributed by atoms with Crippen molar-refractivity contribution >= 4 is 11.5 Å². The van der Waals surface area contributed by atoms with Gasteiger partial charge in [-0.25, -0.2) is 4.98 Å². The summed E-state index contributed by atoms with van der Waals surface area (Å²) < 4.78 is 0. The molecular weight excluding hydrogens is 186 g/mol. The lowest BCUT2D eigenvalue weighted by molar-refractivity contribution is 0.620.